The van der Waals surface area contributed by atoms with Crippen LogP contribution in [0.15, 0.2) is 0 Å². The number of hydrogen-bond acceptors (Lipinski definition) is 5. The molecule has 0 amide bonds. The van der Waals surface area contributed by atoms with E-state index in [0.717, 1.165) is 6.42 Å². The van der Waals surface area contributed by atoms with Crippen molar-refractivity contribution in [1.82, 2.24) is 0 Å². The molecule has 3 aliphatic heterocycles. The summed E-state index contributed by atoms with van der Waals surface area (Å²) in [5.41, 5.74) is 0.169. The lowest BCUT2D eigenvalue weighted by Gasteiger charge is -2.60. The van der Waals surface area contributed by atoms with Gasteiger partial charge < -0.3 is 23.4 Å². The Hall–Kier alpha value is 0.0169. The van der Waals surface area contributed by atoms with Crippen LogP contribution in [0.5, 0.6) is 0 Å². The molecule has 5 nitrogen and oxygen atoms in total. The molecule has 3 saturated heterocycles. The Balaban J connectivity index is 1.28. The highest BCUT2D eigenvalue weighted by atomic mass is 28.4. The van der Waals surface area contributed by atoms with Gasteiger partial charge in [0.05, 0.1) is 36.6 Å². The minimum absolute atomic E-state index is 0.0738. The third-order valence-electron chi connectivity index (χ3n) is 12.3. The first-order valence-electron chi connectivity index (χ1n) is 14.0. The molecule has 3 heterocycles. The molecule has 192 valence electrons. The zero-order valence-electron chi connectivity index (χ0n) is 22.8. The van der Waals surface area contributed by atoms with Crippen LogP contribution in [-0.2, 0) is 23.4 Å². The molecule has 0 bridgehead atoms. The first-order chi connectivity index (χ1) is 15.6. The third kappa shape index (κ3) is 2.64. The SMILES string of the molecule is CC1(C)O[C@@H]2C3C4O[C@@H]4CC[C@]3(C)[C@@]34O[C@@H]3C[C@@]3(C)C(CC[C@@H]3O[Si](C)(C)C(C)(C)C)C4[C@H]2O1. The van der Waals surface area contributed by atoms with Gasteiger partial charge in [0, 0.05) is 17.3 Å². The number of hydrogen-bond donors (Lipinski definition) is 0. The van der Waals surface area contributed by atoms with Gasteiger partial charge in [-0.1, -0.05) is 34.6 Å². The lowest BCUT2D eigenvalue weighted by atomic mass is 9.43. The fourth-order valence-corrected chi connectivity index (χ4v) is 11.1. The van der Waals surface area contributed by atoms with Gasteiger partial charge in [0.2, 0.25) is 0 Å². The van der Waals surface area contributed by atoms with Crippen LogP contribution in [0.2, 0.25) is 18.1 Å². The highest BCUT2D eigenvalue weighted by Crippen LogP contribution is 2.78. The first-order valence-corrected chi connectivity index (χ1v) is 16.9. The molecule has 4 aliphatic carbocycles. The van der Waals surface area contributed by atoms with Crippen molar-refractivity contribution in [3.8, 4) is 0 Å². The number of ether oxygens (including phenoxy) is 4. The van der Waals surface area contributed by atoms with E-state index in [2.05, 4.69) is 61.6 Å². The summed E-state index contributed by atoms with van der Waals surface area (Å²) in [7, 11) is -1.86. The van der Waals surface area contributed by atoms with Crippen molar-refractivity contribution < 1.29 is 23.4 Å². The van der Waals surface area contributed by atoms with E-state index in [-0.39, 0.29) is 33.7 Å². The molecule has 0 aromatic heterocycles. The van der Waals surface area contributed by atoms with Crippen molar-refractivity contribution in [1.29, 1.82) is 0 Å². The zero-order valence-corrected chi connectivity index (χ0v) is 23.8. The Morgan fingerprint density at radius 1 is 0.853 bits per heavy atom. The van der Waals surface area contributed by atoms with Crippen LogP contribution >= 0.6 is 0 Å². The quantitative estimate of drug-likeness (QED) is 0.369. The second-order valence-corrected chi connectivity index (χ2v) is 20.1. The Morgan fingerprint density at radius 2 is 1.53 bits per heavy atom. The maximum absolute atomic E-state index is 7.18. The predicted octanol–water partition coefficient (Wildman–Crippen LogP) is 5.67. The molecule has 34 heavy (non-hydrogen) atoms. The highest BCUT2D eigenvalue weighted by molar-refractivity contribution is 6.74. The molecule has 0 radical (unpaired) electrons. The largest absolute Gasteiger partial charge is 0.413 e. The Labute approximate surface area is 207 Å². The lowest BCUT2D eigenvalue weighted by molar-refractivity contribution is -0.173. The number of epoxide rings is 2. The molecular formula is C28H46O5Si. The molecule has 7 aliphatic rings. The molecule has 0 aromatic rings. The summed E-state index contributed by atoms with van der Waals surface area (Å²) in [4.78, 5) is 0. The highest BCUT2D eigenvalue weighted by Gasteiger charge is 2.86. The summed E-state index contributed by atoms with van der Waals surface area (Å²) in [6.07, 6.45) is 7.48. The van der Waals surface area contributed by atoms with E-state index < -0.39 is 14.1 Å². The van der Waals surface area contributed by atoms with Gasteiger partial charge in [0.25, 0.3) is 0 Å². The van der Waals surface area contributed by atoms with Crippen LogP contribution < -0.4 is 0 Å². The summed E-state index contributed by atoms with van der Waals surface area (Å²) in [6.45, 7) is 21.2. The van der Waals surface area contributed by atoms with E-state index in [1.807, 2.05) is 0 Å². The van der Waals surface area contributed by atoms with E-state index in [0.29, 0.717) is 42.2 Å². The minimum atomic E-state index is -1.86. The van der Waals surface area contributed by atoms with Crippen molar-refractivity contribution in [2.75, 3.05) is 0 Å². The van der Waals surface area contributed by atoms with E-state index in [1.165, 1.54) is 25.7 Å². The van der Waals surface area contributed by atoms with Crippen molar-refractivity contribution >= 4 is 8.32 Å². The maximum Gasteiger partial charge on any atom is 0.192 e. The number of rotatable bonds is 2. The molecule has 4 unspecified atom stereocenters. The normalized spacial score (nSPS) is 58.7. The average molecular weight is 491 g/mol. The molecule has 4 saturated carbocycles. The molecule has 12 atom stereocenters. The number of fused-ring (bicyclic) bond motifs is 8. The van der Waals surface area contributed by atoms with E-state index in [4.69, 9.17) is 23.4 Å². The molecular weight excluding hydrogens is 444 g/mol. The molecule has 6 heteroatoms. The molecule has 1 spiro atoms. The van der Waals surface area contributed by atoms with Gasteiger partial charge in [-0.05, 0) is 75.4 Å². The Kier molecular flexibility index (Phi) is 4.32. The molecule has 7 fully saturated rings. The monoisotopic (exact) mass is 490 g/mol. The van der Waals surface area contributed by atoms with Crippen LogP contribution in [-0.4, -0.2) is 56.3 Å². The van der Waals surface area contributed by atoms with Gasteiger partial charge in [0.1, 0.15) is 5.60 Å². The van der Waals surface area contributed by atoms with E-state index >= 15 is 0 Å². The van der Waals surface area contributed by atoms with Gasteiger partial charge in [-0.3, -0.25) is 0 Å². The third-order valence-corrected chi connectivity index (χ3v) is 16.8. The van der Waals surface area contributed by atoms with E-state index in [9.17, 15) is 0 Å². The van der Waals surface area contributed by atoms with Crippen LogP contribution in [0.25, 0.3) is 0 Å². The molecule has 7 rings (SSSR count). The van der Waals surface area contributed by atoms with Gasteiger partial charge in [0.15, 0.2) is 14.1 Å². The van der Waals surface area contributed by atoms with Crippen LogP contribution in [0.3, 0.4) is 0 Å². The Bertz CT molecular complexity index is 913. The smallest absolute Gasteiger partial charge is 0.192 e. The van der Waals surface area contributed by atoms with Crippen molar-refractivity contribution in [2.45, 2.75) is 147 Å². The van der Waals surface area contributed by atoms with Gasteiger partial charge in [-0.2, -0.15) is 0 Å². The van der Waals surface area contributed by atoms with Gasteiger partial charge >= 0.3 is 0 Å². The zero-order chi connectivity index (χ0) is 24.3. The topological polar surface area (TPSA) is 52.8 Å². The summed E-state index contributed by atoms with van der Waals surface area (Å²) in [5, 5.41) is 0.224. The van der Waals surface area contributed by atoms with Crippen LogP contribution in [0, 0.1) is 28.6 Å². The van der Waals surface area contributed by atoms with E-state index in [1.54, 1.807) is 0 Å². The maximum atomic E-state index is 7.18. The second kappa shape index (κ2) is 6.35. The van der Waals surface area contributed by atoms with Crippen LogP contribution in [0.1, 0.15) is 80.6 Å². The fourth-order valence-electron chi connectivity index (χ4n) is 9.62. The first kappa shape index (κ1) is 23.2. The van der Waals surface area contributed by atoms with Gasteiger partial charge in [-0.15, -0.1) is 0 Å². The summed E-state index contributed by atoms with van der Waals surface area (Å²) in [5.74, 6) is 0.774. The minimum Gasteiger partial charge on any atom is -0.413 e. The predicted molar refractivity (Wildman–Crippen MR) is 132 cm³/mol. The van der Waals surface area contributed by atoms with Gasteiger partial charge in [-0.25, -0.2) is 0 Å². The molecule has 0 aromatic carbocycles. The lowest BCUT2D eigenvalue weighted by Crippen LogP contribution is -2.69. The second-order valence-electron chi connectivity index (χ2n) is 15.4. The Morgan fingerprint density at radius 3 is 2.21 bits per heavy atom. The van der Waals surface area contributed by atoms with Crippen molar-refractivity contribution in [2.24, 2.45) is 28.6 Å². The van der Waals surface area contributed by atoms with Crippen molar-refractivity contribution in [3.05, 3.63) is 0 Å². The summed E-state index contributed by atoms with van der Waals surface area (Å²) < 4.78 is 34.0. The summed E-state index contributed by atoms with van der Waals surface area (Å²) >= 11 is 0. The summed E-state index contributed by atoms with van der Waals surface area (Å²) in [6, 6.07) is 0. The molecule has 0 N–H and O–H groups in total. The van der Waals surface area contributed by atoms with Crippen molar-refractivity contribution in [3.63, 3.8) is 0 Å². The van der Waals surface area contributed by atoms with Crippen LogP contribution in [0.4, 0.5) is 0 Å². The average Bonchev–Trinajstić information content (AvgIpc) is 3.57. The standard InChI is InChI=1S/C28H46O5Si/c1-24(2,3)34(8,9)33-17-11-10-15-19-22-23(32-25(4,5)31-22)20-21-16(29-21)12-13-27(20,7)28(19)18(30-28)14-26(15,17)6/h15-23H,10-14H2,1-9H3/t15?,16-,17+,18-,19?,20?,21?,22-,23-,26+,27+,28-/m1/s1. The fraction of sp³-hybridized carbons (Fsp3) is 1.00.